The molecule has 0 aromatic carbocycles. The van der Waals surface area contributed by atoms with Crippen molar-refractivity contribution >= 4 is 0 Å². The third-order valence-corrected chi connectivity index (χ3v) is 3.56. The molecule has 0 amide bonds. The number of likely N-dealkylation sites (tertiary alicyclic amines) is 1. The van der Waals surface area contributed by atoms with Crippen molar-refractivity contribution < 1.29 is 5.11 Å². The van der Waals surface area contributed by atoms with Gasteiger partial charge in [0.15, 0.2) is 0 Å². The zero-order chi connectivity index (χ0) is 9.42. The van der Waals surface area contributed by atoms with E-state index in [4.69, 9.17) is 0 Å². The summed E-state index contributed by atoms with van der Waals surface area (Å²) in [4.78, 5) is 2.43. The van der Waals surface area contributed by atoms with E-state index in [2.05, 4.69) is 17.1 Å². The quantitative estimate of drug-likeness (QED) is 0.629. The van der Waals surface area contributed by atoms with E-state index >= 15 is 0 Å². The minimum absolute atomic E-state index is 0.186. The molecule has 3 heteroatoms. The first-order valence-electron chi connectivity index (χ1n) is 5.31. The van der Waals surface area contributed by atoms with Crippen LogP contribution in [0, 0.1) is 11.8 Å². The first kappa shape index (κ1) is 9.44. The van der Waals surface area contributed by atoms with Crippen LogP contribution in [0.1, 0.15) is 13.8 Å². The topological polar surface area (TPSA) is 35.5 Å². The number of aliphatic hydroxyl groups excluding tert-OH is 1. The molecule has 0 radical (unpaired) electrons. The molecule has 76 valence electrons. The van der Waals surface area contributed by atoms with Crippen molar-refractivity contribution in [2.45, 2.75) is 26.0 Å². The largest absolute Gasteiger partial charge is 0.392 e. The van der Waals surface area contributed by atoms with Gasteiger partial charge in [-0.1, -0.05) is 0 Å². The van der Waals surface area contributed by atoms with Gasteiger partial charge in [0.05, 0.1) is 6.10 Å². The third kappa shape index (κ3) is 1.73. The summed E-state index contributed by atoms with van der Waals surface area (Å²) < 4.78 is 0. The Balaban J connectivity index is 1.94. The molecule has 0 saturated carbocycles. The molecule has 2 aliphatic heterocycles. The standard InChI is InChI=1S/C10H20N2O/c1-7(13)5-12-6-9-3-11-4-10(9)8(12)2/h7-11,13H,3-6H2,1-2H3/t7-,8?,9?,10?/m1/s1. The first-order chi connectivity index (χ1) is 6.18. The molecule has 0 aromatic rings. The van der Waals surface area contributed by atoms with Crippen LogP contribution in [-0.2, 0) is 0 Å². The summed E-state index contributed by atoms with van der Waals surface area (Å²) in [7, 11) is 0. The molecule has 2 N–H and O–H groups in total. The smallest absolute Gasteiger partial charge is 0.0639 e. The number of hydrogen-bond donors (Lipinski definition) is 2. The Labute approximate surface area is 80.1 Å². The molecular weight excluding hydrogens is 164 g/mol. The molecule has 0 spiro atoms. The Morgan fingerprint density at radius 2 is 2.31 bits per heavy atom. The van der Waals surface area contributed by atoms with Crippen LogP contribution in [0.4, 0.5) is 0 Å². The van der Waals surface area contributed by atoms with E-state index in [0.717, 1.165) is 18.4 Å². The molecule has 2 heterocycles. The van der Waals surface area contributed by atoms with Gasteiger partial charge in [0.2, 0.25) is 0 Å². The van der Waals surface area contributed by atoms with Crippen LogP contribution in [0.5, 0.6) is 0 Å². The molecule has 3 nitrogen and oxygen atoms in total. The zero-order valence-electron chi connectivity index (χ0n) is 8.53. The Kier molecular flexibility index (Phi) is 2.58. The maximum atomic E-state index is 9.34. The number of aliphatic hydroxyl groups is 1. The number of rotatable bonds is 2. The summed E-state index contributed by atoms with van der Waals surface area (Å²) in [6, 6.07) is 0.648. The van der Waals surface area contributed by atoms with Gasteiger partial charge < -0.3 is 10.4 Å². The second kappa shape index (κ2) is 3.56. The van der Waals surface area contributed by atoms with Crippen LogP contribution < -0.4 is 5.32 Å². The fourth-order valence-corrected chi connectivity index (χ4v) is 2.84. The van der Waals surface area contributed by atoms with Gasteiger partial charge in [-0.2, -0.15) is 0 Å². The van der Waals surface area contributed by atoms with Gasteiger partial charge in [-0.15, -0.1) is 0 Å². The Morgan fingerprint density at radius 1 is 1.54 bits per heavy atom. The van der Waals surface area contributed by atoms with Gasteiger partial charge in [-0.05, 0) is 38.8 Å². The number of nitrogens with zero attached hydrogens (tertiary/aromatic N) is 1. The van der Waals surface area contributed by atoms with Gasteiger partial charge in [0.25, 0.3) is 0 Å². The lowest BCUT2D eigenvalue weighted by atomic mass is 9.95. The highest BCUT2D eigenvalue weighted by atomic mass is 16.3. The summed E-state index contributed by atoms with van der Waals surface area (Å²) in [6.07, 6.45) is -0.186. The van der Waals surface area contributed by atoms with Gasteiger partial charge in [0.1, 0.15) is 0 Å². The first-order valence-corrected chi connectivity index (χ1v) is 5.31. The predicted molar refractivity (Wildman–Crippen MR) is 52.6 cm³/mol. The van der Waals surface area contributed by atoms with Crippen LogP contribution >= 0.6 is 0 Å². The van der Waals surface area contributed by atoms with E-state index in [0.29, 0.717) is 6.04 Å². The van der Waals surface area contributed by atoms with Crippen LogP contribution in [0.3, 0.4) is 0 Å². The molecule has 0 aliphatic carbocycles. The molecule has 0 aromatic heterocycles. The normalized spacial score (nSPS) is 42.2. The van der Waals surface area contributed by atoms with E-state index in [9.17, 15) is 5.11 Å². The highest BCUT2D eigenvalue weighted by molar-refractivity contribution is 4.96. The minimum Gasteiger partial charge on any atom is -0.392 e. The predicted octanol–water partition coefficient (Wildman–Crippen LogP) is -0.0931. The highest BCUT2D eigenvalue weighted by Crippen LogP contribution is 2.31. The minimum atomic E-state index is -0.186. The molecule has 2 rings (SSSR count). The fourth-order valence-electron chi connectivity index (χ4n) is 2.84. The summed E-state index contributed by atoms with van der Waals surface area (Å²) in [5.74, 6) is 1.65. The van der Waals surface area contributed by atoms with Crippen molar-refractivity contribution in [1.82, 2.24) is 10.2 Å². The second-order valence-electron chi connectivity index (χ2n) is 4.63. The van der Waals surface area contributed by atoms with Gasteiger partial charge in [-0.3, -0.25) is 4.90 Å². The molecule has 2 saturated heterocycles. The molecule has 3 unspecified atom stereocenters. The van der Waals surface area contributed by atoms with Gasteiger partial charge in [0, 0.05) is 19.1 Å². The SMILES string of the molecule is CC1C2CNCC2CN1C[C@@H](C)O. The summed E-state index contributed by atoms with van der Waals surface area (Å²) in [5.41, 5.74) is 0. The van der Waals surface area contributed by atoms with Crippen molar-refractivity contribution in [3.8, 4) is 0 Å². The van der Waals surface area contributed by atoms with Crippen LogP contribution in [0.15, 0.2) is 0 Å². The summed E-state index contributed by atoms with van der Waals surface area (Å²) >= 11 is 0. The second-order valence-corrected chi connectivity index (χ2v) is 4.63. The maximum absolute atomic E-state index is 9.34. The summed E-state index contributed by atoms with van der Waals surface area (Å²) in [6.45, 7) is 8.52. The van der Waals surface area contributed by atoms with E-state index in [1.807, 2.05) is 6.92 Å². The lowest BCUT2D eigenvalue weighted by Crippen LogP contribution is -2.37. The maximum Gasteiger partial charge on any atom is 0.0639 e. The van der Waals surface area contributed by atoms with Crippen LogP contribution in [0.25, 0.3) is 0 Å². The van der Waals surface area contributed by atoms with Crippen molar-refractivity contribution in [2.75, 3.05) is 26.2 Å². The number of fused-ring (bicyclic) bond motifs is 1. The van der Waals surface area contributed by atoms with E-state index in [1.54, 1.807) is 0 Å². The Morgan fingerprint density at radius 3 is 2.92 bits per heavy atom. The lowest BCUT2D eigenvalue weighted by Gasteiger charge is -2.25. The van der Waals surface area contributed by atoms with Crippen molar-refractivity contribution in [1.29, 1.82) is 0 Å². The number of nitrogens with one attached hydrogen (secondary N) is 1. The Hall–Kier alpha value is -0.120. The van der Waals surface area contributed by atoms with Crippen molar-refractivity contribution in [3.05, 3.63) is 0 Å². The van der Waals surface area contributed by atoms with Crippen LogP contribution in [0.2, 0.25) is 0 Å². The molecule has 2 fully saturated rings. The van der Waals surface area contributed by atoms with E-state index < -0.39 is 0 Å². The van der Waals surface area contributed by atoms with Gasteiger partial charge >= 0.3 is 0 Å². The van der Waals surface area contributed by atoms with Crippen LogP contribution in [-0.4, -0.2) is 48.3 Å². The number of hydrogen-bond acceptors (Lipinski definition) is 3. The summed E-state index contributed by atoms with van der Waals surface area (Å²) in [5, 5.41) is 12.8. The average molecular weight is 184 g/mol. The molecule has 2 aliphatic rings. The van der Waals surface area contributed by atoms with E-state index in [-0.39, 0.29) is 6.10 Å². The van der Waals surface area contributed by atoms with Crippen molar-refractivity contribution in [3.63, 3.8) is 0 Å². The zero-order valence-corrected chi connectivity index (χ0v) is 8.53. The Bertz CT molecular complexity index is 184. The van der Waals surface area contributed by atoms with E-state index in [1.165, 1.54) is 19.6 Å². The average Bonchev–Trinajstić information content (AvgIpc) is 2.56. The molecular formula is C10H20N2O. The van der Waals surface area contributed by atoms with Crippen molar-refractivity contribution in [2.24, 2.45) is 11.8 Å². The molecule has 13 heavy (non-hydrogen) atoms. The molecule has 0 bridgehead atoms. The number of β-amino-alcohol motifs (C(OH)–C–C–N with tert-alkyl or cyclic N) is 1. The molecule has 4 atom stereocenters. The third-order valence-electron chi connectivity index (χ3n) is 3.56. The van der Waals surface area contributed by atoms with Gasteiger partial charge in [-0.25, -0.2) is 0 Å². The highest BCUT2D eigenvalue weighted by Gasteiger charge is 2.41. The monoisotopic (exact) mass is 184 g/mol. The lowest BCUT2D eigenvalue weighted by molar-refractivity contribution is 0.116. The fraction of sp³-hybridized carbons (Fsp3) is 1.00.